The Morgan fingerprint density at radius 1 is 1.17 bits per heavy atom. The summed E-state index contributed by atoms with van der Waals surface area (Å²) in [5, 5.41) is 9.64. The van der Waals surface area contributed by atoms with Gasteiger partial charge in [0.05, 0.1) is 0 Å². The van der Waals surface area contributed by atoms with Crippen LogP contribution in [0.15, 0.2) is 18.2 Å². The van der Waals surface area contributed by atoms with Crippen molar-refractivity contribution in [3.8, 4) is 0 Å². The lowest BCUT2D eigenvalue weighted by atomic mass is 9.77. The molecule has 0 aromatic heterocycles. The molecule has 24 heavy (non-hydrogen) atoms. The number of esters is 1. The van der Waals surface area contributed by atoms with Crippen molar-refractivity contribution in [3.63, 3.8) is 0 Å². The second-order valence-electron chi connectivity index (χ2n) is 6.78. The standard InChI is InChI=1S/C18H23IO5/c1-6-11-7-8-12(9-13(11)19)18(5,16(22)23)14(20)10-15(21)24-17(2,3)4/h7-9H,6,10H2,1-5H3,(H,22,23). The number of benzene rings is 1. The topological polar surface area (TPSA) is 80.7 Å². The molecule has 1 unspecified atom stereocenters. The zero-order chi connectivity index (χ0) is 18.7. The van der Waals surface area contributed by atoms with Crippen molar-refractivity contribution >= 4 is 40.3 Å². The molecule has 0 saturated carbocycles. The maximum absolute atomic E-state index is 12.6. The van der Waals surface area contributed by atoms with Gasteiger partial charge in [-0.3, -0.25) is 14.4 Å². The number of ketones is 1. The molecule has 0 radical (unpaired) electrons. The van der Waals surface area contributed by atoms with Gasteiger partial charge in [-0.2, -0.15) is 0 Å². The van der Waals surface area contributed by atoms with Crippen LogP contribution in [-0.2, 0) is 31.0 Å². The fraction of sp³-hybridized carbons (Fsp3) is 0.500. The Balaban J connectivity index is 3.16. The number of carboxylic acid groups (broad SMARTS) is 1. The first-order valence-corrected chi connectivity index (χ1v) is 8.77. The molecular formula is C18H23IO5. The third-order valence-corrected chi connectivity index (χ3v) is 4.73. The quantitative estimate of drug-likeness (QED) is 0.411. The Bertz CT molecular complexity index is 660. The monoisotopic (exact) mass is 446 g/mol. The fourth-order valence-corrected chi connectivity index (χ4v) is 3.13. The molecule has 0 aliphatic heterocycles. The second kappa shape index (κ2) is 7.63. The van der Waals surface area contributed by atoms with Crippen LogP contribution in [-0.4, -0.2) is 28.4 Å². The smallest absolute Gasteiger partial charge is 0.321 e. The molecule has 0 aliphatic rings. The Morgan fingerprint density at radius 3 is 2.17 bits per heavy atom. The minimum absolute atomic E-state index is 0.366. The molecule has 6 heteroatoms. The average Bonchev–Trinajstić information content (AvgIpc) is 2.43. The van der Waals surface area contributed by atoms with E-state index in [-0.39, 0.29) is 0 Å². The summed E-state index contributed by atoms with van der Waals surface area (Å²) in [7, 11) is 0. The number of carbonyl (C=O) groups is 3. The zero-order valence-corrected chi connectivity index (χ0v) is 16.8. The van der Waals surface area contributed by atoms with E-state index in [0.717, 1.165) is 15.6 Å². The minimum Gasteiger partial charge on any atom is -0.480 e. The van der Waals surface area contributed by atoms with E-state index < -0.39 is 35.2 Å². The lowest BCUT2D eigenvalue weighted by Crippen LogP contribution is -2.42. The van der Waals surface area contributed by atoms with E-state index in [1.54, 1.807) is 32.9 Å². The number of halogens is 1. The lowest BCUT2D eigenvalue weighted by Gasteiger charge is -2.25. The van der Waals surface area contributed by atoms with Crippen molar-refractivity contribution in [1.29, 1.82) is 0 Å². The molecule has 1 atom stereocenters. The van der Waals surface area contributed by atoms with Gasteiger partial charge >= 0.3 is 11.9 Å². The van der Waals surface area contributed by atoms with E-state index >= 15 is 0 Å². The molecule has 132 valence electrons. The van der Waals surface area contributed by atoms with E-state index in [1.807, 2.05) is 13.0 Å². The highest BCUT2D eigenvalue weighted by molar-refractivity contribution is 14.1. The molecule has 0 amide bonds. The third kappa shape index (κ3) is 4.78. The predicted octanol–water partition coefficient (Wildman–Crippen LogP) is 3.50. The van der Waals surface area contributed by atoms with Crippen molar-refractivity contribution in [2.45, 2.75) is 58.5 Å². The van der Waals surface area contributed by atoms with Gasteiger partial charge in [-0.25, -0.2) is 0 Å². The molecule has 5 nitrogen and oxygen atoms in total. The molecule has 1 aromatic rings. The summed E-state index contributed by atoms with van der Waals surface area (Å²) in [5.74, 6) is -2.69. The van der Waals surface area contributed by atoms with Crippen LogP contribution >= 0.6 is 22.6 Å². The normalized spacial score (nSPS) is 13.9. The van der Waals surface area contributed by atoms with Gasteiger partial charge in [0.15, 0.2) is 5.78 Å². The molecule has 0 bridgehead atoms. The van der Waals surface area contributed by atoms with Gasteiger partial charge in [-0.15, -0.1) is 0 Å². The SMILES string of the molecule is CCc1ccc(C(C)(C(=O)O)C(=O)CC(=O)OC(C)(C)C)cc1I. The molecule has 1 rings (SSSR count). The first-order chi connectivity index (χ1) is 10.9. The number of carboxylic acids is 1. The van der Waals surface area contributed by atoms with Crippen LogP contribution in [0.3, 0.4) is 0 Å². The number of carbonyl (C=O) groups excluding carboxylic acids is 2. The fourth-order valence-electron chi connectivity index (χ4n) is 2.23. The molecule has 1 N–H and O–H groups in total. The van der Waals surface area contributed by atoms with Gasteiger partial charge in [0.2, 0.25) is 0 Å². The molecule has 0 fully saturated rings. The molecular weight excluding hydrogens is 423 g/mol. The maximum Gasteiger partial charge on any atom is 0.321 e. The second-order valence-corrected chi connectivity index (χ2v) is 7.94. The highest BCUT2D eigenvalue weighted by atomic mass is 127. The van der Waals surface area contributed by atoms with Gasteiger partial charge in [0.1, 0.15) is 17.4 Å². The largest absolute Gasteiger partial charge is 0.480 e. The minimum atomic E-state index is -1.79. The van der Waals surface area contributed by atoms with Gasteiger partial charge in [-0.05, 0) is 73.9 Å². The lowest BCUT2D eigenvalue weighted by molar-refractivity contribution is -0.158. The predicted molar refractivity (Wildman–Crippen MR) is 99.0 cm³/mol. The van der Waals surface area contributed by atoms with E-state index in [1.165, 1.54) is 6.92 Å². The molecule has 0 spiro atoms. The van der Waals surface area contributed by atoms with Crippen LogP contribution in [0, 0.1) is 3.57 Å². The Kier molecular flexibility index (Phi) is 6.55. The van der Waals surface area contributed by atoms with Crippen LogP contribution in [0.2, 0.25) is 0 Å². The summed E-state index contributed by atoms with van der Waals surface area (Å²) in [4.78, 5) is 36.3. The number of aryl methyl sites for hydroxylation is 1. The maximum atomic E-state index is 12.6. The van der Waals surface area contributed by atoms with Crippen LogP contribution in [0.4, 0.5) is 0 Å². The van der Waals surface area contributed by atoms with Crippen molar-refractivity contribution in [2.24, 2.45) is 0 Å². The number of ether oxygens (including phenoxy) is 1. The summed E-state index contributed by atoms with van der Waals surface area (Å²) in [5.41, 5.74) is -1.07. The number of rotatable bonds is 6. The number of aliphatic carboxylic acids is 1. The van der Waals surface area contributed by atoms with Crippen LogP contribution in [0.25, 0.3) is 0 Å². The van der Waals surface area contributed by atoms with E-state index in [4.69, 9.17) is 4.74 Å². The van der Waals surface area contributed by atoms with Crippen LogP contribution < -0.4 is 0 Å². The van der Waals surface area contributed by atoms with Gasteiger partial charge in [0, 0.05) is 3.57 Å². The van der Waals surface area contributed by atoms with E-state index in [2.05, 4.69) is 22.6 Å². The summed E-state index contributed by atoms with van der Waals surface area (Å²) >= 11 is 2.12. The van der Waals surface area contributed by atoms with Gasteiger partial charge < -0.3 is 9.84 Å². The van der Waals surface area contributed by atoms with Crippen molar-refractivity contribution < 1.29 is 24.2 Å². The molecule has 0 heterocycles. The van der Waals surface area contributed by atoms with Gasteiger partial charge in [0.25, 0.3) is 0 Å². The number of hydrogen-bond donors (Lipinski definition) is 1. The summed E-state index contributed by atoms with van der Waals surface area (Å²) in [6, 6.07) is 5.15. The summed E-state index contributed by atoms with van der Waals surface area (Å²) < 4.78 is 6.02. The first kappa shape index (κ1) is 20.6. The Hall–Kier alpha value is -1.44. The Labute approximate surface area is 155 Å². The zero-order valence-electron chi connectivity index (χ0n) is 14.6. The van der Waals surface area contributed by atoms with Crippen molar-refractivity contribution in [3.05, 3.63) is 32.9 Å². The van der Waals surface area contributed by atoms with Crippen LogP contribution in [0.5, 0.6) is 0 Å². The Morgan fingerprint density at radius 2 is 1.75 bits per heavy atom. The van der Waals surface area contributed by atoms with Crippen molar-refractivity contribution in [1.82, 2.24) is 0 Å². The van der Waals surface area contributed by atoms with Crippen LogP contribution in [0.1, 0.15) is 52.2 Å². The highest BCUT2D eigenvalue weighted by Gasteiger charge is 2.44. The van der Waals surface area contributed by atoms with E-state index in [9.17, 15) is 19.5 Å². The van der Waals surface area contributed by atoms with Crippen molar-refractivity contribution in [2.75, 3.05) is 0 Å². The molecule has 0 aliphatic carbocycles. The average molecular weight is 446 g/mol. The summed E-state index contributed by atoms with van der Waals surface area (Å²) in [6.45, 7) is 8.41. The summed E-state index contributed by atoms with van der Waals surface area (Å²) in [6.07, 6.45) is 0.236. The van der Waals surface area contributed by atoms with Gasteiger partial charge in [-0.1, -0.05) is 19.1 Å². The molecule has 1 aromatic carbocycles. The number of Topliss-reactive ketones (excluding diaryl/α,β-unsaturated/α-hetero) is 1. The van der Waals surface area contributed by atoms with E-state index in [0.29, 0.717) is 5.56 Å². The highest BCUT2D eigenvalue weighted by Crippen LogP contribution is 2.30. The first-order valence-electron chi connectivity index (χ1n) is 7.69. The molecule has 0 saturated heterocycles. The third-order valence-electron chi connectivity index (χ3n) is 3.72. The number of hydrogen-bond acceptors (Lipinski definition) is 4.